The Morgan fingerprint density at radius 2 is 1.96 bits per heavy atom. The van der Waals surface area contributed by atoms with Crippen LogP contribution in [0, 0.1) is 0 Å². The molecule has 1 heterocycles. The topological polar surface area (TPSA) is 52.3 Å². The minimum atomic E-state index is 0.127. The molecule has 7 heteroatoms. The van der Waals surface area contributed by atoms with Crippen molar-refractivity contribution in [2.24, 2.45) is 5.10 Å². The number of thioether (sulfide) groups is 1. The predicted molar refractivity (Wildman–Crippen MR) is 114 cm³/mol. The fourth-order valence-electron chi connectivity index (χ4n) is 2.50. The first-order chi connectivity index (χ1) is 13.1. The average molecular weight is 445 g/mol. The molecule has 1 aromatic heterocycles. The fourth-order valence-corrected chi connectivity index (χ4v) is 3.44. The number of benzene rings is 2. The van der Waals surface area contributed by atoms with Crippen LogP contribution in [0.15, 0.2) is 63.3 Å². The zero-order chi connectivity index (χ0) is 19.2. The minimum absolute atomic E-state index is 0.127. The van der Waals surface area contributed by atoms with Gasteiger partial charge in [0, 0.05) is 6.42 Å². The molecule has 0 unspecified atom stereocenters. The summed E-state index contributed by atoms with van der Waals surface area (Å²) in [5.41, 5.74) is 2.14. The molecular weight excluding hydrogens is 424 g/mol. The molecule has 3 rings (SSSR count). The van der Waals surface area contributed by atoms with E-state index in [1.165, 1.54) is 17.3 Å². The van der Waals surface area contributed by atoms with Gasteiger partial charge < -0.3 is 4.74 Å². The Bertz CT molecular complexity index is 925. The van der Waals surface area contributed by atoms with E-state index in [4.69, 9.17) is 4.74 Å². The smallest absolute Gasteiger partial charge is 0.211 e. The first-order valence-corrected chi connectivity index (χ1v) is 10.6. The summed E-state index contributed by atoms with van der Waals surface area (Å²) in [6.07, 6.45) is 4.58. The van der Waals surface area contributed by atoms with Crippen LogP contribution in [0.1, 0.15) is 30.8 Å². The van der Waals surface area contributed by atoms with Crippen LogP contribution >= 0.6 is 27.7 Å². The summed E-state index contributed by atoms with van der Waals surface area (Å²) in [5, 5.41) is 13.9. The molecular formula is C20H21BrN4OS. The van der Waals surface area contributed by atoms with Crippen LogP contribution in [0.25, 0.3) is 0 Å². The lowest BCUT2D eigenvalue weighted by molar-refractivity contribution is 0.241. The number of aromatic nitrogens is 3. The van der Waals surface area contributed by atoms with Crippen molar-refractivity contribution in [3.8, 4) is 5.75 Å². The lowest BCUT2D eigenvalue weighted by atomic mass is 10.1. The molecule has 0 N–H and O–H groups in total. The highest BCUT2D eigenvalue weighted by molar-refractivity contribution is 9.10. The Morgan fingerprint density at radius 1 is 1.19 bits per heavy atom. The van der Waals surface area contributed by atoms with Gasteiger partial charge in [0.15, 0.2) is 5.82 Å². The van der Waals surface area contributed by atoms with Crippen LogP contribution in [0.4, 0.5) is 0 Å². The molecule has 0 aliphatic heterocycles. The van der Waals surface area contributed by atoms with Gasteiger partial charge in [0.1, 0.15) is 5.75 Å². The predicted octanol–water partition coefficient (Wildman–Crippen LogP) is 5.02. The molecule has 0 saturated carbocycles. The van der Waals surface area contributed by atoms with E-state index in [1.54, 1.807) is 4.68 Å². The van der Waals surface area contributed by atoms with Crippen molar-refractivity contribution in [2.75, 3.05) is 6.26 Å². The largest absolute Gasteiger partial charge is 0.490 e. The van der Waals surface area contributed by atoms with E-state index in [0.29, 0.717) is 6.42 Å². The molecule has 0 aliphatic carbocycles. The van der Waals surface area contributed by atoms with Crippen LogP contribution in [0.2, 0.25) is 0 Å². The average Bonchev–Trinajstić information content (AvgIpc) is 3.04. The molecule has 0 atom stereocenters. The molecule has 0 saturated heterocycles. The van der Waals surface area contributed by atoms with Gasteiger partial charge in [-0.2, -0.15) is 9.78 Å². The molecule has 5 nitrogen and oxygen atoms in total. The quantitative estimate of drug-likeness (QED) is 0.379. The van der Waals surface area contributed by atoms with Gasteiger partial charge in [-0.3, -0.25) is 0 Å². The van der Waals surface area contributed by atoms with Gasteiger partial charge in [0.05, 0.1) is 16.8 Å². The van der Waals surface area contributed by atoms with E-state index in [0.717, 1.165) is 26.8 Å². The van der Waals surface area contributed by atoms with Gasteiger partial charge in [-0.25, -0.2) is 0 Å². The normalized spacial score (nSPS) is 11.4. The van der Waals surface area contributed by atoms with E-state index < -0.39 is 0 Å². The summed E-state index contributed by atoms with van der Waals surface area (Å²) in [7, 11) is 0. The van der Waals surface area contributed by atoms with Gasteiger partial charge in [0.25, 0.3) is 0 Å². The summed E-state index contributed by atoms with van der Waals surface area (Å²) >= 11 is 5.08. The molecule has 0 aliphatic rings. The number of halogens is 1. The van der Waals surface area contributed by atoms with E-state index in [2.05, 4.69) is 43.4 Å². The number of ether oxygens (including phenoxy) is 1. The minimum Gasteiger partial charge on any atom is -0.490 e. The van der Waals surface area contributed by atoms with Gasteiger partial charge in [-0.05, 0) is 65.4 Å². The Morgan fingerprint density at radius 3 is 2.63 bits per heavy atom. The monoisotopic (exact) mass is 444 g/mol. The highest BCUT2D eigenvalue weighted by Crippen LogP contribution is 2.26. The van der Waals surface area contributed by atoms with Crippen LogP contribution in [0.3, 0.4) is 0 Å². The van der Waals surface area contributed by atoms with E-state index >= 15 is 0 Å². The first-order valence-electron chi connectivity index (χ1n) is 8.59. The van der Waals surface area contributed by atoms with Crippen molar-refractivity contribution in [2.45, 2.75) is 31.5 Å². The third kappa shape index (κ3) is 5.20. The summed E-state index contributed by atoms with van der Waals surface area (Å²) in [6, 6.07) is 16.1. The van der Waals surface area contributed by atoms with E-state index in [1.807, 2.05) is 62.7 Å². The number of hydrogen-bond donors (Lipinski definition) is 0. The molecule has 0 bridgehead atoms. The van der Waals surface area contributed by atoms with Crippen LogP contribution in [-0.4, -0.2) is 33.4 Å². The zero-order valence-corrected chi connectivity index (χ0v) is 17.9. The highest BCUT2D eigenvalue weighted by atomic mass is 79.9. The van der Waals surface area contributed by atoms with Gasteiger partial charge in [-0.1, -0.05) is 42.1 Å². The maximum absolute atomic E-state index is 5.75. The van der Waals surface area contributed by atoms with E-state index in [9.17, 15) is 0 Å². The SMILES string of the molecule is CSc1nnc(Cc2ccccc2)n1/N=C\c1ccc(OC(C)C)c(Br)c1. The lowest BCUT2D eigenvalue weighted by Gasteiger charge is -2.11. The Hall–Kier alpha value is -2.12. The Labute approximate surface area is 172 Å². The molecule has 0 radical (unpaired) electrons. The van der Waals surface area contributed by atoms with Crippen LogP contribution in [0.5, 0.6) is 5.75 Å². The van der Waals surface area contributed by atoms with Crippen molar-refractivity contribution < 1.29 is 4.74 Å². The standard InChI is InChI=1S/C20H21BrN4OS/c1-14(2)26-18-10-9-16(11-17(18)21)13-22-25-19(23-24-20(25)27-3)12-15-7-5-4-6-8-15/h4-11,13-14H,12H2,1-3H3/b22-13-. The summed E-state index contributed by atoms with van der Waals surface area (Å²) < 4.78 is 8.45. The molecule has 0 fully saturated rings. The second-order valence-electron chi connectivity index (χ2n) is 6.18. The Balaban J connectivity index is 1.84. The molecule has 0 amide bonds. The summed E-state index contributed by atoms with van der Waals surface area (Å²) in [4.78, 5) is 0. The van der Waals surface area contributed by atoms with Gasteiger partial charge in [-0.15, -0.1) is 10.2 Å². The van der Waals surface area contributed by atoms with E-state index in [-0.39, 0.29) is 6.10 Å². The maximum Gasteiger partial charge on any atom is 0.211 e. The molecule has 2 aromatic carbocycles. The second kappa shape index (κ2) is 9.19. The highest BCUT2D eigenvalue weighted by Gasteiger charge is 2.11. The molecule has 27 heavy (non-hydrogen) atoms. The van der Waals surface area contributed by atoms with Crippen molar-refractivity contribution in [3.63, 3.8) is 0 Å². The third-order valence-electron chi connectivity index (χ3n) is 3.71. The summed E-state index contributed by atoms with van der Waals surface area (Å²) in [5.74, 6) is 1.63. The number of hydrogen-bond acceptors (Lipinski definition) is 5. The molecule has 140 valence electrons. The third-order valence-corrected chi connectivity index (χ3v) is 4.94. The van der Waals surface area contributed by atoms with Crippen LogP contribution in [-0.2, 0) is 6.42 Å². The lowest BCUT2D eigenvalue weighted by Crippen LogP contribution is -2.06. The second-order valence-corrected chi connectivity index (χ2v) is 7.81. The zero-order valence-electron chi connectivity index (χ0n) is 15.5. The summed E-state index contributed by atoms with van der Waals surface area (Å²) in [6.45, 7) is 4.01. The molecule has 3 aromatic rings. The number of nitrogens with zero attached hydrogens (tertiary/aromatic N) is 4. The first kappa shape index (κ1) is 19.6. The van der Waals surface area contributed by atoms with Crippen LogP contribution < -0.4 is 4.74 Å². The molecule has 0 spiro atoms. The Kier molecular flexibility index (Phi) is 6.68. The maximum atomic E-state index is 5.75. The van der Waals surface area contributed by atoms with Gasteiger partial charge in [0.2, 0.25) is 5.16 Å². The van der Waals surface area contributed by atoms with Gasteiger partial charge >= 0.3 is 0 Å². The van der Waals surface area contributed by atoms with Crippen molar-refractivity contribution in [3.05, 3.63) is 70.0 Å². The van der Waals surface area contributed by atoms with Crippen molar-refractivity contribution in [1.82, 2.24) is 14.9 Å². The fraction of sp³-hybridized carbons (Fsp3) is 0.250. The van der Waals surface area contributed by atoms with Crippen molar-refractivity contribution >= 4 is 33.9 Å². The number of rotatable bonds is 7. The van der Waals surface area contributed by atoms with Crippen molar-refractivity contribution in [1.29, 1.82) is 0 Å².